The smallest absolute Gasteiger partial charge is 0.265 e. The van der Waals surface area contributed by atoms with Gasteiger partial charge in [0, 0.05) is 16.3 Å². The van der Waals surface area contributed by atoms with Gasteiger partial charge in [-0.1, -0.05) is 30.9 Å². The van der Waals surface area contributed by atoms with Crippen LogP contribution in [0.15, 0.2) is 34.7 Å². The van der Waals surface area contributed by atoms with Gasteiger partial charge in [-0.2, -0.15) is 0 Å². The van der Waals surface area contributed by atoms with Gasteiger partial charge in [-0.15, -0.1) is 12.6 Å². The lowest BCUT2D eigenvalue weighted by molar-refractivity contribution is -0.115. The van der Waals surface area contributed by atoms with E-state index in [4.69, 9.17) is 11.6 Å². The van der Waals surface area contributed by atoms with Crippen LogP contribution in [0, 0.1) is 5.92 Å². The number of halogens is 1. The van der Waals surface area contributed by atoms with Crippen molar-refractivity contribution in [1.29, 1.82) is 0 Å². The molecule has 1 atom stereocenters. The number of thiol groups is 1. The number of anilines is 1. The Morgan fingerprint density at radius 1 is 1.17 bits per heavy atom. The van der Waals surface area contributed by atoms with Crippen LogP contribution in [0.5, 0.6) is 0 Å². The van der Waals surface area contributed by atoms with Crippen LogP contribution in [0.1, 0.15) is 39.0 Å². The fourth-order valence-electron chi connectivity index (χ4n) is 3.78. The van der Waals surface area contributed by atoms with Gasteiger partial charge < -0.3 is 0 Å². The molecule has 1 amide bonds. The van der Waals surface area contributed by atoms with E-state index in [9.17, 15) is 9.59 Å². The van der Waals surface area contributed by atoms with Gasteiger partial charge in [0.05, 0.1) is 10.9 Å². The number of hydrogen-bond acceptors (Lipinski definition) is 3. The average molecular weight is 350 g/mol. The molecule has 3 rings (SSSR count). The van der Waals surface area contributed by atoms with E-state index < -0.39 is 0 Å². The van der Waals surface area contributed by atoms with Crippen molar-refractivity contribution in [1.82, 2.24) is 0 Å². The molecule has 0 bridgehead atoms. The van der Waals surface area contributed by atoms with Gasteiger partial charge in [0.1, 0.15) is 0 Å². The lowest BCUT2D eigenvalue weighted by Crippen LogP contribution is -2.42. The van der Waals surface area contributed by atoms with Gasteiger partial charge in [0.25, 0.3) is 5.91 Å². The Morgan fingerprint density at radius 3 is 2.35 bits per heavy atom. The molecule has 1 saturated carbocycles. The highest BCUT2D eigenvalue weighted by atomic mass is 35.5. The van der Waals surface area contributed by atoms with Crippen molar-refractivity contribution in [3.63, 3.8) is 0 Å². The number of hydrogen-bond donors (Lipinski definition) is 1. The van der Waals surface area contributed by atoms with Gasteiger partial charge in [0.2, 0.25) is 0 Å². The first-order chi connectivity index (χ1) is 11.0. The molecule has 1 heterocycles. The maximum Gasteiger partial charge on any atom is 0.265 e. The molecule has 2 aliphatic rings. The number of benzene rings is 1. The number of nitrogens with zero attached hydrogens (tertiary/aromatic N) is 1. The summed E-state index contributed by atoms with van der Waals surface area (Å²) in [6.45, 7) is 1.53. The zero-order valence-corrected chi connectivity index (χ0v) is 14.7. The maximum absolute atomic E-state index is 12.8. The van der Waals surface area contributed by atoms with Crippen LogP contribution in [0.3, 0.4) is 0 Å². The molecule has 1 fully saturated rings. The molecule has 5 heteroatoms. The Bertz CT molecular complexity index is 662. The third kappa shape index (κ3) is 3.07. The average Bonchev–Trinajstić information content (AvgIpc) is 2.81. The minimum absolute atomic E-state index is 0.0598. The zero-order chi connectivity index (χ0) is 16.6. The molecule has 0 aromatic heterocycles. The van der Waals surface area contributed by atoms with Crippen molar-refractivity contribution in [3.05, 3.63) is 39.8 Å². The van der Waals surface area contributed by atoms with E-state index in [2.05, 4.69) is 12.6 Å². The number of amides is 1. The number of carbonyl (C=O) groups is 2. The molecule has 0 radical (unpaired) electrons. The molecule has 1 aromatic carbocycles. The molecule has 3 nitrogen and oxygen atoms in total. The van der Waals surface area contributed by atoms with E-state index in [-0.39, 0.29) is 17.7 Å². The van der Waals surface area contributed by atoms with Gasteiger partial charge in [-0.3, -0.25) is 14.5 Å². The predicted molar refractivity (Wildman–Crippen MR) is 96.0 cm³/mol. The monoisotopic (exact) mass is 349 g/mol. The fourth-order valence-corrected chi connectivity index (χ4v) is 4.30. The summed E-state index contributed by atoms with van der Waals surface area (Å²) >= 11 is 10.3. The molecule has 0 saturated heterocycles. The third-order valence-corrected chi connectivity index (χ3v) is 5.52. The van der Waals surface area contributed by atoms with Crippen molar-refractivity contribution in [2.75, 3.05) is 4.90 Å². The molecule has 1 unspecified atom stereocenters. The Kier molecular flexibility index (Phi) is 4.83. The molecule has 1 aromatic rings. The van der Waals surface area contributed by atoms with Gasteiger partial charge in [0.15, 0.2) is 5.78 Å². The fraction of sp³-hybridized carbons (Fsp3) is 0.444. The van der Waals surface area contributed by atoms with Gasteiger partial charge in [-0.05, 0) is 49.9 Å². The Labute approximate surface area is 147 Å². The molecule has 0 N–H and O–H groups in total. The second-order valence-electron chi connectivity index (χ2n) is 6.31. The molecular formula is C18H20ClNO2S. The van der Waals surface area contributed by atoms with Crippen LogP contribution in [0.25, 0.3) is 0 Å². The zero-order valence-electron chi connectivity index (χ0n) is 13.1. The quantitative estimate of drug-likeness (QED) is 0.821. The minimum Gasteiger partial charge on any atom is -0.300 e. The Morgan fingerprint density at radius 2 is 1.78 bits per heavy atom. The topological polar surface area (TPSA) is 37.4 Å². The highest BCUT2D eigenvalue weighted by Gasteiger charge is 2.44. The Balaban J connectivity index is 2.04. The summed E-state index contributed by atoms with van der Waals surface area (Å²) in [6.07, 6.45) is 5.61. The molecule has 23 heavy (non-hydrogen) atoms. The summed E-state index contributed by atoms with van der Waals surface area (Å²) in [7, 11) is 0. The van der Waals surface area contributed by atoms with Crippen LogP contribution < -0.4 is 4.90 Å². The van der Waals surface area contributed by atoms with E-state index in [0.717, 1.165) is 31.4 Å². The molecule has 1 aliphatic heterocycles. The lowest BCUT2D eigenvalue weighted by Gasteiger charge is -2.35. The SMILES string of the molecule is CC(=O)C1=C(S)C(=O)N(c2ccc(Cl)cc2)C1C1CCCCC1. The summed E-state index contributed by atoms with van der Waals surface area (Å²) in [4.78, 5) is 27.0. The summed E-state index contributed by atoms with van der Waals surface area (Å²) in [6, 6.07) is 7.01. The second-order valence-corrected chi connectivity index (χ2v) is 7.20. The standard InChI is InChI=1S/C18H20ClNO2S/c1-11(21)15-16(12-5-3-2-4-6-12)20(18(22)17(15)23)14-9-7-13(19)8-10-14/h7-10,12,16,23H,2-6H2,1H3. The van der Waals surface area contributed by atoms with E-state index >= 15 is 0 Å². The van der Waals surface area contributed by atoms with Crippen molar-refractivity contribution < 1.29 is 9.59 Å². The highest BCUT2D eigenvalue weighted by Crippen LogP contribution is 2.41. The highest BCUT2D eigenvalue weighted by molar-refractivity contribution is 7.85. The van der Waals surface area contributed by atoms with Crippen LogP contribution >= 0.6 is 24.2 Å². The van der Waals surface area contributed by atoms with Gasteiger partial charge >= 0.3 is 0 Å². The third-order valence-electron chi connectivity index (χ3n) is 4.83. The lowest BCUT2D eigenvalue weighted by atomic mass is 9.80. The summed E-state index contributed by atoms with van der Waals surface area (Å²) in [5.41, 5.74) is 1.35. The number of rotatable bonds is 3. The normalized spacial score (nSPS) is 22.8. The first kappa shape index (κ1) is 16.6. The molecule has 122 valence electrons. The molecular weight excluding hydrogens is 330 g/mol. The number of ketones is 1. The van der Waals surface area contributed by atoms with E-state index in [1.54, 1.807) is 17.0 Å². The number of Topliss-reactive ketones (excluding diaryl/α,β-unsaturated/α-hetero) is 1. The van der Waals surface area contributed by atoms with Crippen molar-refractivity contribution in [2.45, 2.75) is 45.1 Å². The van der Waals surface area contributed by atoms with Crippen molar-refractivity contribution in [2.24, 2.45) is 5.92 Å². The van der Waals surface area contributed by atoms with Crippen LogP contribution in [0.2, 0.25) is 5.02 Å². The van der Waals surface area contributed by atoms with E-state index in [1.807, 2.05) is 12.1 Å². The summed E-state index contributed by atoms with van der Waals surface area (Å²) in [5.74, 6) is 0.0683. The van der Waals surface area contributed by atoms with Crippen molar-refractivity contribution in [3.8, 4) is 0 Å². The first-order valence-electron chi connectivity index (χ1n) is 8.04. The van der Waals surface area contributed by atoms with Crippen LogP contribution in [-0.4, -0.2) is 17.7 Å². The second kappa shape index (κ2) is 6.70. The van der Waals surface area contributed by atoms with Crippen molar-refractivity contribution >= 4 is 41.6 Å². The van der Waals surface area contributed by atoms with E-state index in [1.165, 1.54) is 13.3 Å². The van der Waals surface area contributed by atoms with Gasteiger partial charge in [-0.25, -0.2) is 0 Å². The maximum atomic E-state index is 12.8. The largest absolute Gasteiger partial charge is 0.300 e. The Hall–Kier alpha value is -1.26. The molecule has 1 aliphatic carbocycles. The van der Waals surface area contributed by atoms with E-state index in [0.29, 0.717) is 21.4 Å². The molecule has 0 spiro atoms. The predicted octanol–water partition coefficient (Wildman–Crippen LogP) is 4.41. The van der Waals surface area contributed by atoms with Crippen LogP contribution in [0.4, 0.5) is 5.69 Å². The summed E-state index contributed by atoms with van der Waals surface area (Å²) < 4.78 is 0. The van der Waals surface area contributed by atoms with Crippen LogP contribution in [-0.2, 0) is 9.59 Å². The number of carbonyl (C=O) groups excluding carboxylic acids is 2. The minimum atomic E-state index is -0.200. The summed E-state index contributed by atoms with van der Waals surface area (Å²) in [5, 5.41) is 0.625. The first-order valence-corrected chi connectivity index (χ1v) is 8.86.